The van der Waals surface area contributed by atoms with Crippen LogP contribution < -0.4 is 10.1 Å². The molecule has 8 heteroatoms. The number of carbonyl (C=O) groups is 2. The molecule has 1 rings (SSSR count). The van der Waals surface area contributed by atoms with E-state index in [4.69, 9.17) is 21.4 Å². The van der Waals surface area contributed by atoms with E-state index < -0.39 is 17.9 Å². The highest BCUT2D eigenvalue weighted by Crippen LogP contribution is 2.27. The zero-order valence-electron chi connectivity index (χ0n) is 11.3. The molecule has 0 unspecified atom stereocenters. The molecule has 1 aromatic carbocycles. The Morgan fingerprint density at radius 3 is 2.81 bits per heavy atom. The summed E-state index contributed by atoms with van der Waals surface area (Å²) in [6, 6.07) is 4.01. The molecule has 21 heavy (non-hydrogen) atoms. The van der Waals surface area contributed by atoms with Crippen LogP contribution in [-0.2, 0) is 9.59 Å². The van der Waals surface area contributed by atoms with Crippen molar-refractivity contribution in [1.82, 2.24) is 5.32 Å². The van der Waals surface area contributed by atoms with E-state index in [-0.39, 0.29) is 6.61 Å². The first-order valence-electron chi connectivity index (χ1n) is 6.03. The van der Waals surface area contributed by atoms with Crippen molar-refractivity contribution >= 4 is 51.2 Å². The Bertz CT molecular complexity index is 515. The minimum atomic E-state index is -1.05. The van der Waals surface area contributed by atoms with Gasteiger partial charge in [0, 0.05) is 5.02 Å². The first-order valence-corrected chi connectivity index (χ1v) is 8.59. The highest BCUT2D eigenvalue weighted by atomic mass is 79.9. The Balaban J connectivity index is 2.50. The zero-order chi connectivity index (χ0) is 15.8. The van der Waals surface area contributed by atoms with Crippen molar-refractivity contribution in [2.24, 2.45) is 0 Å². The van der Waals surface area contributed by atoms with Crippen molar-refractivity contribution in [2.75, 3.05) is 18.6 Å². The second-order valence-corrected chi connectivity index (χ2v) is 6.38. The van der Waals surface area contributed by atoms with E-state index in [1.54, 1.807) is 18.2 Å². The third kappa shape index (κ3) is 6.58. The molecule has 1 atom stereocenters. The smallest absolute Gasteiger partial charge is 0.326 e. The molecule has 0 aliphatic heterocycles. The third-order valence-corrected chi connectivity index (χ3v) is 4.00. The van der Waals surface area contributed by atoms with E-state index in [1.807, 2.05) is 6.26 Å². The number of carboxylic acids is 1. The van der Waals surface area contributed by atoms with Crippen molar-refractivity contribution in [1.29, 1.82) is 0 Å². The maximum atomic E-state index is 11.7. The molecule has 0 saturated carbocycles. The summed E-state index contributed by atoms with van der Waals surface area (Å²) in [6.45, 7) is -0.261. The van der Waals surface area contributed by atoms with Gasteiger partial charge in [-0.2, -0.15) is 11.8 Å². The van der Waals surface area contributed by atoms with Gasteiger partial charge in [-0.05, 0) is 52.6 Å². The number of ether oxygens (including phenoxy) is 1. The van der Waals surface area contributed by atoms with E-state index >= 15 is 0 Å². The van der Waals surface area contributed by atoms with E-state index in [0.717, 1.165) is 0 Å². The molecule has 0 saturated heterocycles. The average molecular weight is 397 g/mol. The molecular weight excluding hydrogens is 382 g/mol. The van der Waals surface area contributed by atoms with Crippen LogP contribution in [-0.4, -0.2) is 41.6 Å². The topological polar surface area (TPSA) is 75.6 Å². The standard InChI is InChI=1S/C13H15BrClNO4S/c1-21-5-4-10(13(18)19)16-12(17)7-20-11-3-2-8(15)6-9(11)14/h2-3,6,10H,4-5,7H2,1H3,(H,16,17)(H,18,19)/t10-/m0/s1. The summed E-state index contributed by atoms with van der Waals surface area (Å²) in [6.07, 6.45) is 2.24. The van der Waals surface area contributed by atoms with Gasteiger partial charge in [0.1, 0.15) is 11.8 Å². The number of hydrogen-bond donors (Lipinski definition) is 2. The lowest BCUT2D eigenvalue weighted by atomic mass is 10.2. The summed E-state index contributed by atoms with van der Waals surface area (Å²) in [5, 5.41) is 12.0. The van der Waals surface area contributed by atoms with Crippen molar-refractivity contribution in [3.8, 4) is 5.75 Å². The monoisotopic (exact) mass is 395 g/mol. The van der Waals surface area contributed by atoms with E-state index in [2.05, 4.69) is 21.2 Å². The lowest BCUT2D eigenvalue weighted by Crippen LogP contribution is -2.43. The molecule has 0 aliphatic rings. The minimum absolute atomic E-state index is 0.261. The first kappa shape index (κ1) is 18.1. The zero-order valence-corrected chi connectivity index (χ0v) is 14.4. The normalized spacial score (nSPS) is 11.8. The van der Waals surface area contributed by atoms with Gasteiger partial charge in [-0.3, -0.25) is 4.79 Å². The van der Waals surface area contributed by atoms with E-state index in [0.29, 0.717) is 27.4 Å². The lowest BCUT2D eigenvalue weighted by molar-refractivity contribution is -0.142. The number of rotatable bonds is 8. The van der Waals surface area contributed by atoms with Crippen LogP contribution in [0, 0.1) is 0 Å². The van der Waals surface area contributed by atoms with Gasteiger partial charge >= 0.3 is 5.97 Å². The molecule has 116 valence electrons. The molecule has 0 radical (unpaired) electrons. The summed E-state index contributed by atoms with van der Waals surface area (Å²) < 4.78 is 5.95. The van der Waals surface area contributed by atoms with Gasteiger partial charge in [0.2, 0.25) is 0 Å². The van der Waals surface area contributed by atoms with Crippen LogP contribution in [0.2, 0.25) is 5.02 Å². The number of carboxylic acid groups (broad SMARTS) is 1. The van der Waals surface area contributed by atoms with Crippen LogP contribution in [0.1, 0.15) is 6.42 Å². The Hall–Kier alpha value is -0.920. The van der Waals surface area contributed by atoms with Gasteiger partial charge in [-0.25, -0.2) is 4.79 Å². The Morgan fingerprint density at radius 2 is 2.24 bits per heavy atom. The second-order valence-electron chi connectivity index (χ2n) is 4.10. The largest absolute Gasteiger partial charge is 0.483 e. The predicted molar refractivity (Wildman–Crippen MR) is 87.2 cm³/mol. The Morgan fingerprint density at radius 1 is 1.52 bits per heavy atom. The maximum Gasteiger partial charge on any atom is 0.326 e. The summed E-state index contributed by atoms with van der Waals surface area (Å²) in [4.78, 5) is 22.7. The molecular formula is C13H15BrClNO4S. The minimum Gasteiger partial charge on any atom is -0.483 e. The molecule has 1 aromatic rings. The number of hydrogen-bond acceptors (Lipinski definition) is 4. The number of halogens is 2. The summed E-state index contributed by atoms with van der Waals surface area (Å²) in [5.41, 5.74) is 0. The predicted octanol–water partition coefficient (Wildman–Crippen LogP) is 2.80. The number of benzene rings is 1. The fraction of sp³-hybridized carbons (Fsp3) is 0.385. The average Bonchev–Trinajstić information content (AvgIpc) is 2.42. The molecule has 0 bridgehead atoms. The molecule has 2 N–H and O–H groups in total. The van der Waals surface area contributed by atoms with Crippen LogP contribution in [0.15, 0.2) is 22.7 Å². The SMILES string of the molecule is CSCC[C@H](NC(=O)COc1ccc(Cl)cc1Br)C(=O)O. The fourth-order valence-corrected chi connectivity index (χ4v) is 2.73. The van der Waals surface area contributed by atoms with Gasteiger partial charge < -0.3 is 15.2 Å². The fourth-order valence-electron chi connectivity index (χ4n) is 1.46. The summed E-state index contributed by atoms with van der Waals surface area (Å²) in [7, 11) is 0. The quantitative estimate of drug-likeness (QED) is 0.707. The van der Waals surface area contributed by atoms with Crippen molar-refractivity contribution in [3.63, 3.8) is 0 Å². The van der Waals surface area contributed by atoms with Crippen molar-refractivity contribution < 1.29 is 19.4 Å². The van der Waals surface area contributed by atoms with Crippen LogP contribution in [0.25, 0.3) is 0 Å². The van der Waals surface area contributed by atoms with Gasteiger partial charge in [-0.1, -0.05) is 11.6 Å². The lowest BCUT2D eigenvalue weighted by Gasteiger charge is -2.14. The molecule has 0 heterocycles. The third-order valence-electron chi connectivity index (χ3n) is 2.50. The molecule has 0 fully saturated rings. The maximum absolute atomic E-state index is 11.7. The van der Waals surface area contributed by atoms with Gasteiger partial charge in [0.25, 0.3) is 5.91 Å². The summed E-state index contributed by atoms with van der Waals surface area (Å²) >= 11 is 10.6. The van der Waals surface area contributed by atoms with E-state index in [1.165, 1.54) is 11.8 Å². The van der Waals surface area contributed by atoms with E-state index in [9.17, 15) is 9.59 Å². The molecule has 0 aliphatic carbocycles. The van der Waals surface area contributed by atoms with Gasteiger partial charge in [-0.15, -0.1) is 0 Å². The van der Waals surface area contributed by atoms with Crippen molar-refractivity contribution in [3.05, 3.63) is 27.7 Å². The molecule has 5 nitrogen and oxygen atoms in total. The van der Waals surface area contributed by atoms with Crippen LogP contribution in [0.5, 0.6) is 5.75 Å². The van der Waals surface area contributed by atoms with Gasteiger partial charge in [0.15, 0.2) is 6.61 Å². The highest BCUT2D eigenvalue weighted by molar-refractivity contribution is 9.10. The Kier molecular flexibility index (Phi) is 7.92. The molecule has 0 spiro atoms. The van der Waals surface area contributed by atoms with Crippen LogP contribution in [0.4, 0.5) is 0 Å². The van der Waals surface area contributed by atoms with Crippen LogP contribution >= 0.6 is 39.3 Å². The molecule has 0 aromatic heterocycles. The van der Waals surface area contributed by atoms with Crippen molar-refractivity contribution in [2.45, 2.75) is 12.5 Å². The molecule has 1 amide bonds. The highest BCUT2D eigenvalue weighted by Gasteiger charge is 2.19. The number of nitrogens with one attached hydrogen (secondary N) is 1. The van der Waals surface area contributed by atoms with Gasteiger partial charge in [0.05, 0.1) is 4.47 Å². The number of carbonyl (C=O) groups excluding carboxylic acids is 1. The van der Waals surface area contributed by atoms with Crippen LogP contribution in [0.3, 0.4) is 0 Å². The number of amides is 1. The number of thioether (sulfide) groups is 1. The number of aliphatic carboxylic acids is 1. The Labute approximate surface area is 140 Å². The second kappa shape index (κ2) is 9.17. The first-order chi connectivity index (χ1) is 9.93. The summed E-state index contributed by atoms with van der Waals surface area (Å²) in [5.74, 6) is -0.415.